The predicted octanol–water partition coefficient (Wildman–Crippen LogP) is 3.02. The van der Waals surface area contributed by atoms with Gasteiger partial charge in [0.05, 0.1) is 0 Å². The quantitative estimate of drug-likeness (QED) is 0.332. The summed E-state index contributed by atoms with van der Waals surface area (Å²) < 4.78 is 2.21. The number of nitrogens with two attached hydrogens (primary N) is 1. The molecule has 0 saturated carbocycles. The molecule has 0 aliphatic heterocycles. The second-order valence-electron chi connectivity index (χ2n) is 5.97. The molecular formula is C17H26N6S. The van der Waals surface area contributed by atoms with E-state index in [1.54, 1.807) is 11.8 Å². The number of aromatic nitrogens is 3. The van der Waals surface area contributed by atoms with Gasteiger partial charge in [-0.3, -0.25) is 4.99 Å². The number of hydrogen-bond acceptors (Lipinski definition) is 4. The van der Waals surface area contributed by atoms with E-state index in [0.29, 0.717) is 18.4 Å². The van der Waals surface area contributed by atoms with E-state index in [9.17, 15) is 0 Å². The second kappa shape index (κ2) is 9.32. The van der Waals surface area contributed by atoms with Crippen LogP contribution >= 0.6 is 11.8 Å². The van der Waals surface area contributed by atoms with E-state index in [1.165, 1.54) is 0 Å². The monoisotopic (exact) mass is 346 g/mol. The van der Waals surface area contributed by atoms with Gasteiger partial charge in [0.25, 0.3) is 0 Å². The Morgan fingerprint density at radius 1 is 1.29 bits per heavy atom. The average molecular weight is 347 g/mol. The van der Waals surface area contributed by atoms with Gasteiger partial charge in [0.1, 0.15) is 5.82 Å². The summed E-state index contributed by atoms with van der Waals surface area (Å²) in [6, 6.07) is 9.80. The average Bonchev–Trinajstić information content (AvgIpc) is 2.93. The van der Waals surface area contributed by atoms with Crippen LogP contribution < -0.4 is 11.1 Å². The van der Waals surface area contributed by atoms with E-state index in [-0.39, 0.29) is 0 Å². The number of para-hydroxylation sites is 1. The number of aliphatic imine (C=N–C) groups is 1. The van der Waals surface area contributed by atoms with Crippen LogP contribution in [-0.2, 0) is 13.0 Å². The van der Waals surface area contributed by atoms with Crippen LogP contribution in [-0.4, -0.2) is 33.5 Å². The standard InChI is InChI=1S/C17H26N6S/c1-13(2)12-23-15(21-22-17(23)24-3)10-7-11-19-16(18)20-14-8-5-4-6-9-14/h4-6,8-9,13H,7,10-12H2,1-3H3,(H3,18,19,20). The lowest BCUT2D eigenvalue weighted by Crippen LogP contribution is -2.22. The number of aryl methyl sites for hydroxylation is 1. The Morgan fingerprint density at radius 3 is 2.71 bits per heavy atom. The molecule has 1 aromatic carbocycles. The molecule has 0 fully saturated rings. The predicted molar refractivity (Wildman–Crippen MR) is 102 cm³/mol. The number of hydrogen-bond donors (Lipinski definition) is 2. The fraction of sp³-hybridized carbons (Fsp3) is 0.471. The fourth-order valence-electron chi connectivity index (χ4n) is 2.35. The molecule has 1 aromatic heterocycles. The van der Waals surface area contributed by atoms with Crippen LogP contribution in [0.1, 0.15) is 26.1 Å². The van der Waals surface area contributed by atoms with Crippen LogP contribution in [0.15, 0.2) is 40.5 Å². The van der Waals surface area contributed by atoms with Gasteiger partial charge in [-0.25, -0.2) is 0 Å². The fourth-order valence-corrected chi connectivity index (χ4v) is 2.87. The molecule has 0 radical (unpaired) electrons. The highest BCUT2D eigenvalue weighted by molar-refractivity contribution is 7.98. The molecular weight excluding hydrogens is 320 g/mol. The Balaban J connectivity index is 1.85. The van der Waals surface area contributed by atoms with Crippen molar-refractivity contribution in [3.05, 3.63) is 36.2 Å². The molecule has 6 nitrogen and oxygen atoms in total. The second-order valence-corrected chi connectivity index (χ2v) is 6.74. The topological polar surface area (TPSA) is 81.1 Å². The molecule has 2 aromatic rings. The first kappa shape index (κ1) is 18.3. The highest BCUT2D eigenvalue weighted by Gasteiger charge is 2.12. The number of rotatable bonds is 8. The maximum atomic E-state index is 5.91. The van der Waals surface area contributed by atoms with Gasteiger partial charge in [-0.15, -0.1) is 10.2 Å². The smallest absolute Gasteiger partial charge is 0.193 e. The lowest BCUT2D eigenvalue weighted by Gasteiger charge is -2.11. The first-order chi connectivity index (χ1) is 11.6. The third kappa shape index (κ3) is 5.56. The molecule has 0 aliphatic rings. The Hall–Kier alpha value is -2.02. The summed E-state index contributed by atoms with van der Waals surface area (Å²) in [7, 11) is 0. The van der Waals surface area contributed by atoms with Gasteiger partial charge in [-0.1, -0.05) is 43.8 Å². The molecule has 1 heterocycles. The van der Waals surface area contributed by atoms with Gasteiger partial charge in [0.15, 0.2) is 11.1 Å². The Bertz CT molecular complexity index is 650. The number of benzene rings is 1. The van der Waals surface area contributed by atoms with Crippen molar-refractivity contribution in [2.75, 3.05) is 18.1 Å². The summed E-state index contributed by atoms with van der Waals surface area (Å²) in [4.78, 5) is 4.37. The zero-order chi connectivity index (χ0) is 17.4. The highest BCUT2D eigenvalue weighted by atomic mass is 32.2. The van der Waals surface area contributed by atoms with Crippen LogP contribution in [0.5, 0.6) is 0 Å². The molecule has 2 rings (SSSR count). The molecule has 0 atom stereocenters. The number of guanidine groups is 1. The van der Waals surface area contributed by atoms with Crippen LogP contribution in [0.25, 0.3) is 0 Å². The number of thioether (sulfide) groups is 1. The molecule has 0 unspecified atom stereocenters. The Kier molecular flexibility index (Phi) is 7.11. The van der Waals surface area contributed by atoms with Crippen LogP contribution in [0.2, 0.25) is 0 Å². The van der Waals surface area contributed by atoms with Crippen molar-refractivity contribution in [1.29, 1.82) is 0 Å². The molecule has 3 N–H and O–H groups in total. The van der Waals surface area contributed by atoms with Gasteiger partial charge in [0, 0.05) is 25.2 Å². The maximum Gasteiger partial charge on any atom is 0.193 e. The van der Waals surface area contributed by atoms with Crippen LogP contribution in [0.3, 0.4) is 0 Å². The minimum atomic E-state index is 0.439. The summed E-state index contributed by atoms with van der Waals surface area (Å²) in [5.41, 5.74) is 6.85. The van der Waals surface area contributed by atoms with Gasteiger partial charge in [-0.2, -0.15) is 0 Å². The Labute approximate surface area is 148 Å². The molecule has 24 heavy (non-hydrogen) atoms. The van der Waals surface area contributed by atoms with Crippen molar-refractivity contribution in [2.24, 2.45) is 16.6 Å². The van der Waals surface area contributed by atoms with Crippen molar-refractivity contribution < 1.29 is 0 Å². The Morgan fingerprint density at radius 2 is 2.04 bits per heavy atom. The summed E-state index contributed by atoms with van der Waals surface area (Å²) in [6.07, 6.45) is 3.77. The van der Waals surface area contributed by atoms with E-state index in [1.807, 2.05) is 36.6 Å². The van der Waals surface area contributed by atoms with Crippen molar-refractivity contribution in [1.82, 2.24) is 14.8 Å². The lowest BCUT2D eigenvalue weighted by molar-refractivity contribution is 0.477. The van der Waals surface area contributed by atoms with E-state index < -0.39 is 0 Å². The van der Waals surface area contributed by atoms with E-state index in [4.69, 9.17) is 5.73 Å². The lowest BCUT2D eigenvalue weighted by atomic mass is 10.2. The summed E-state index contributed by atoms with van der Waals surface area (Å²) in [5, 5.41) is 12.6. The first-order valence-corrected chi connectivity index (χ1v) is 9.40. The normalized spacial score (nSPS) is 11.9. The molecule has 130 valence electrons. The minimum Gasteiger partial charge on any atom is -0.370 e. The summed E-state index contributed by atoms with van der Waals surface area (Å²) in [5.74, 6) is 2.03. The largest absolute Gasteiger partial charge is 0.370 e. The van der Waals surface area contributed by atoms with Crippen LogP contribution in [0, 0.1) is 5.92 Å². The van der Waals surface area contributed by atoms with E-state index in [0.717, 1.165) is 36.1 Å². The van der Waals surface area contributed by atoms with Gasteiger partial charge < -0.3 is 15.6 Å². The van der Waals surface area contributed by atoms with Gasteiger partial charge in [0.2, 0.25) is 0 Å². The number of nitrogens with zero attached hydrogens (tertiary/aromatic N) is 4. The third-order valence-corrected chi connectivity index (χ3v) is 4.08. The van der Waals surface area contributed by atoms with Gasteiger partial charge >= 0.3 is 0 Å². The maximum absolute atomic E-state index is 5.91. The molecule has 0 saturated heterocycles. The van der Waals surface area contributed by atoms with Crippen molar-refractivity contribution in [2.45, 2.75) is 38.4 Å². The van der Waals surface area contributed by atoms with Crippen molar-refractivity contribution in [3.63, 3.8) is 0 Å². The number of nitrogens with one attached hydrogen (secondary N) is 1. The first-order valence-electron chi connectivity index (χ1n) is 8.18. The zero-order valence-electron chi connectivity index (χ0n) is 14.6. The van der Waals surface area contributed by atoms with Crippen molar-refractivity contribution in [3.8, 4) is 0 Å². The molecule has 0 amide bonds. The highest BCUT2D eigenvalue weighted by Crippen LogP contribution is 2.16. The van der Waals surface area contributed by atoms with Gasteiger partial charge in [-0.05, 0) is 30.7 Å². The van der Waals surface area contributed by atoms with Crippen molar-refractivity contribution >= 4 is 23.4 Å². The minimum absolute atomic E-state index is 0.439. The molecule has 0 aliphatic carbocycles. The summed E-state index contributed by atoms with van der Waals surface area (Å²) in [6.45, 7) is 6.01. The van der Waals surface area contributed by atoms with Crippen LogP contribution in [0.4, 0.5) is 5.69 Å². The van der Waals surface area contributed by atoms with E-state index >= 15 is 0 Å². The SMILES string of the molecule is CSc1nnc(CCCN=C(N)Nc2ccccc2)n1CC(C)C. The zero-order valence-corrected chi connectivity index (χ0v) is 15.4. The van der Waals surface area contributed by atoms with E-state index in [2.05, 4.69) is 38.9 Å². The molecule has 0 spiro atoms. The summed E-state index contributed by atoms with van der Waals surface area (Å²) >= 11 is 1.64. The number of anilines is 1. The third-order valence-electron chi connectivity index (χ3n) is 3.41. The molecule has 0 bridgehead atoms. The molecule has 7 heteroatoms.